The molecule has 0 radical (unpaired) electrons. The third-order valence-corrected chi connectivity index (χ3v) is 5.72. The third-order valence-electron chi connectivity index (χ3n) is 4.52. The Morgan fingerprint density at radius 3 is 2.41 bits per heavy atom. The molecule has 0 bridgehead atoms. The molecule has 1 fully saturated rings. The molecule has 0 saturated heterocycles. The van der Waals surface area contributed by atoms with Crippen LogP contribution in [-0.2, 0) is 9.36 Å². The SMILES string of the molecule is CC(C)[C@@H](N)C(=O)NC[C@H](O)CC(C1CCCCC1)[P+](=O)O. The number of nitrogens with two attached hydrogens (primary N) is 1. The van der Waals surface area contributed by atoms with E-state index in [9.17, 15) is 19.4 Å². The summed E-state index contributed by atoms with van der Waals surface area (Å²) in [6, 6.07) is -0.601. The van der Waals surface area contributed by atoms with E-state index in [0.717, 1.165) is 25.7 Å². The number of carbonyl (C=O) groups excluding carboxylic acids is 1. The van der Waals surface area contributed by atoms with Crippen molar-refractivity contribution in [2.24, 2.45) is 17.6 Å². The largest absolute Gasteiger partial charge is 0.509 e. The van der Waals surface area contributed by atoms with Crippen molar-refractivity contribution in [3.05, 3.63) is 0 Å². The second-order valence-electron chi connectivity index (χ2n) is 6.67. The van der Waals surface area contributed by atoms with E-state index in [0.29, 0.717) is 0 Å². The molecular formula is C15H30N2O4P+. The summed E-state index contributed by atoms with van der Waals surface area (Å²) in [4.78, 5) is 21.3. The Bertz CT molecular complexity index is 373. The Morgan fingerprint density at radius 1 is 1.32 bits per heavy atom. The summed E-state index contributed by atoms with van der Waals surface area (Å²) < 4.78 is 11.6. The molecule has 1 rings (SSSR count). The van der Waals surface area contributed by atoms with Crippen molar-refractivity contribution in [3.8, 4) is 0 Å². The molecular weight excluding hydrogens is 303 g/mol. The highest BCUT2D eigenvalue weighted by Crippen LogP contribution is 2.40. The van der Waals surface area contributed by atoms with E-state index in [-0.39, 0.29) is 36.4 Å². The first kappa shape index (κ1) is 19.5. The Balaban J connectivity index is 2.45. The molecule has 1 saturated carbocycles. The molecule has 6 nitrogen and oxygen atoms in total. The maximum absolute atomic E-state index is 11.8. The Kier molecular flexibility index (Phi) is 8.47. The van der Waals surface area contributed by atoms with Crippen molar-refractivity contribution in [1.82, 2.24) is 5.32 Å². The summed E-state index contributed by atoms with van der Waals surface area (Å²) in [5.41, 5.74) is 5.34. The van der Waals surface area contributed by atoms with Crippen LogP contribution >= 0.6 is 8.03 Å². The van der Waals surface area contributed by atoms with Gasteiger partial charge in [-0.2, -0.15) is 4.89 Å². The lowest BCUT2D eigenvalue weighted by Gasteiger charge is -2.24. The van der Waals surface area contributed by atoms with Crippen LogP contribution in [0.4, 0.5) is 0 Å². The first-order chi connectivity index (χ1) is 10.3. The second-order valence-corrected chi connectivity index (χ2v) is 7.94. The highest BCUT2D eigenvalue weighted by molar-refractivity contribution is 7.38. The fourth-order valence-corrected chi connectivity index (χ4v) is 4.07. The van der Waals surface area contributed by atoms with Crippen LogP contribution in [0.5, 0.6) is 0 Å². The third kappa shape index (κ3) is 6.29. The van der Waals surface area contributed by atoms with Gasteiger partial charge in [0.05, 0.1) is 12.1 Å². The molecule has 1 amide bonds. The Hall–Kier alpha value is -0.550. The van der Waals surface area contributed by atoms with E-state index in [2.05, 4.69) is 5.32 Å². The minimum atomic E-state index is -2.32. The Labute approximate surface area is 133 Å². The quantitative estimate of drug-likeness (QED) is 0.503. The maximum Gasteiger partial charge on any atom is 0.509 e. The number of aliphatic hydroxyl groups excluding tert-OH is 1. The van der Waals surface area contributed by atoms with Crippen LogP contribution in [0.15, 0.2) is 0 Å². The minimum Gasteiger partial charge on any atom is -0.391 e. The van der Waals surface area contributed by atoms with Gasteiger partial charge in [0.1, 0.15) is 0 Å². The van der Waals surface area contributed by atoms with Crippen molar-refractivity contribution in [2.45, 2.75) is 70.2 Å². The van der Waals surface area contributed by atoms with Crippen LogP contribution in [0.3, 0.4) is 0 Å². The van der Waals surface area contributed by atoms with Gasteiger partial charge in [-0.15, -0.1) is 0 Å². The smallest absolute Gasteiger partial charge is 0.391 e. The minimum absolute atomic E-state index is 0.0269. The van der Waals surface area contributed by atoms with Crippen LogP contribution in [0.2, 0.25) is 0 Å². The average molecular weight is 333 g/mol. The second kappa shape index (κ2) is 9.56. The molecule has 0 spiro atoms. The molecule has 0 aromatic heterocycles. The lowest BCUT2D eigenvalue weighted by molar-refractivity contribution is -0.123. The van der Waals surface area contributed by atoms with Crippen molar-refractivity contribution >= 4 is 13.9 Å². The molecule has 4 atom stereocenters. The van der Waals surface area contributed by atoms with Gasteiger partial charge in [-0.3, -0.25) is 4.79 Å². The van der Waals surface area contributed by atoms with Gasteiger partial charge in [-0.25, -0.2) is 0 Å². The number of hydrogen-bond acceptors (Lipinski definition) is 4. The van der Waals surface area contributed by atoms with Crippen molar-refractivity contribution in [3.63, 3.8) is 0 Å². The van der Waals surface area contributed by atoms with Gasteiger partial charge < -0.3 is 16.2 Å². The normalized spacial score (nSPS) is 21.3. The molecule has 7 heteroatoms. The molecule has 5 N–H and O–H groups in total. The number of rotatable bonds is 8. The summed E-state index contributed by atoms with van der Waals surface area (Å²) in [6.07, 6.45) is 4.67. The molecule has 0 aromatic rings. The van der Waals surface area contributed by atoms with Gasteiger partial charge in [0.2, 0.25) is 5.91 Å². The van der Waals surface area contributed by atoms with Crippen molar-refractivity contribution < 1.29 is 19.4 Å². The zero-order valence-corrected chi connectivity index (χ0v) is 14.5. The molecule has 0 aromatic carbocycles. The van der Waals surface area contributed by atoms with Crippen molar-refractivity contribution in [2.75, 3.05) is 6.54 Å². The number of aliphatic hydroxyl groups is 1. The summed E-state index contributed by atoms with van der Waals surface area (Å²) in [5, 5.41) is 12.7. The predicted octanol–water partition coefficient (Wildman–Crippen LogP) is 1.52. The van der Waals surface area contributed by atoms with Crippen LogP contribution in [0.1, 0.15) is 52.4 Å². The van der Waals surface area contributed by atoms with Gasteiger partial charge in [-0.1, -0.05) is 33.1 Å². The number of nitrogens with one attached hydrogen (secondary N) is 1. The van der Waals surface area contributed by atoms with Crippen LogP contribution in [0.25, 0.3) is 0 Å². The Morgan fingerprint density at radius 2 is 1.91 bits per heavy atom. The summed E-state index contributed by atoms with van der Waals surface area (Å²) in [5.74, 6) is -0.0682. The standard InChI is InChI=1S/C15H29N2O4P/c1-10(2)14(16)15(19)17-9-12(18)8-13(22(20)21)11-6-4-3-5-7-11/h10-14,18H,3-9,16H2,1-2H3,(H-,17,19,20,21)/p+1/t12-,13?,14-/m1/s1. The zero-order chi connectivity index (χ0) is 16.7. The molecule has 1 aliphatic carbocycles. The topological polar surface area (TPSA) is 113 Å². The van der Waals surface area contributed by atoms with Gasteiger partial charge in [-0.05, 0) is 23.3 Å². The highest BCUT2D eigenvalue weighted by atomic mass is 31.1. The zero-order valence-electron chi connectivity index (χ0n) is 13.6. The number of carbonyl (C=O) groups is 1. The molecule has 128 valence electrons. The van der Waals surface area contributed by atoms with Gasteiger partial charge >= 0.3 is 8.03 Å². The lowest BCUT2D eigenvalue weighted by atomic mass is 9.85. The number of hydrogen-bond donors (Lipinski definition) is 4. The number of amides is 1. The molecule has 2 unspecified atom stereocenters. The molecule has 22 heavy (non-hydrogen) atoms. The van der Waals surface area contributed by atoms with Crippen LogP contribution in [0, 0.1) is 11.8 Å². The van der Waals surface area contributed by atoms with Crippen LogP contribution in [-0.4, -0.2) is 40.3 Å². The fourth-order valence-electron chi connectivity index (χ4n) is 2.98. The lowest BCUT2D eigenvalue weighted by Crippen LogP contribution is -2.46. The van der Waals surface area contributed by atoms with E-state index in [1.54, 1.807) is 0 Å². The maximum atomic E-state index is 11.8. The highest BCUT2D eigenvalue weighted by Gasteiger charge is 2.39. The van der Waals surface area contributed by atoms with E-state index in [1.807, 2.05) is 13.8 Å². The van der Waals surface area contributed by atoms with Crippen molar-refractivity contribution in [1.29, 1.82) is 0 Å². The summed E-state index contributed by atoms with van der Waals surface area (Å²) in [7, 11) is -2.32. The van der Waals surface area contributed by atoms with Gasteiger partial charge in [0.25, 0.3) is 0 Å². The first-order valence-electron chi connectivity index (χ1n) is 8.19. The van der Waals surface area contributed by atoms with E-state index >= 15 is 0 Å². The van der Waals surface area contributed by atoms with E-state index in [4.69, 9.17) is 5.73 Å². The van der Waals surface area contributed by atoms with E-state index in [1.165, 1.54) is 6.42 Å². The van der Waals surface area contributed by atoms with E-state index < -0.39 is 20.2 Å². The fraction of sp³-hybridized carbons (Fsp3) is 0.933. The molecule has 0 heterocycles. The van der Waals surface area contributed by atoms with Crippen LogP contribution < -0.4 is 11.1 Å². The average Bonchev–Trinajstić information content (AvgIpc) is 2.49. The molecule has 1 aliphatic rings. The summed E-state index contributed by atoms with van der Waals surface area (Å²) >= 11 is 0. The first-order valence-corrected chi connectivity index (χ1v) is 9.47. The van der Waals surface area contributed by atoms with Gasteiger partial charge in [0, 0.05) is 18.9 Å². The monoisotopic (exact) mass is 333 g/mol. The van der Waals surface area contributed by atoms with Gasteiger partial charge in [0.15, 0.2) is 5.66 Å². The molecule has 0 aliphatic heterocycles. The summed E-state index contributed by atoms with van der Waals surface area (Å²) in [6.45, 7) is 3.79. The predicted molar refractivity (Wildman–Crippen MR) is 86.6 cm³/mol.